The molecule has 1 aromatic carbocycles. The van der Waals surface area contributed by atoms with Crippen molar-refractivity contribution in [2.45, 2.75) is 37.0 Å². The number of carbonyl (C=O) groups excluding carboxylic acids is 1. The lowest BCUT2D eigenvalue weighted by atomic mass is 10.1. The van der Waals surface area contributed by atoms with E-state index in [0.717, 1.165) is 17.1 Å². The predicted molar refractivity (Wildman–Crippen MR) is 79.3 cm³/mol. The van der Waals surface area contributed by atoms with Gasteiger partial charge in [0, 0.05) is 13.0 Å². The van der Waals surface area contributed by atoms with E-state index in [1.165, 1.54) is 0 Å². The first kappa shape index (κ1) is 15.8. The average Bonchev–Trinajstić information content (AvgIpc) is 2.63. The highest BCUT2D eigenvalue weighted by atomic mass is 32.3. The van der Waals surface area contributed by atoms with Gasteiger partial charge in [0.1, 0.15) is 0 Å². The fourth-order valence-electron chi connectivity index (χ4n) is 2.36. The number of nitrogens with zero attached hydrogens (tertiary/aromatic N) is 1. The topological polar surface area (TPSA) is 98.1 Å². The Morgan fingerprint density at radius 1 is 1.10 bits per heavy atom. The molecule has 2 rings (SSSR count). The van der Waals surface area contributed by atoms with Crippen LogP contribution in [0.2, 0.25) is 0 Å². The minimum Gasteiger partial charge on any atom is -0.481 e. The number of amides is 1. The van der Waals surface area contributed by atoms with Crippen LogP contribution in [0.25, 0.3) is 0 Å². The number of aliphatic carboxylic acids is 1. The van der Waals surface area contributed by atoms with Gasteiger partial charge in [-0.15, -0.1) is 0 Å². The molecule has 1 aliphatic rings. The van der Waals surface area contributed by atoms with E-state index in [4.69, 9.17) is 5.11 Å². The van der Waals surface area contributed by atoms with Gasteiger partial charge in [0.2, 0.25) is 0 Å². The molecule has 3 N–H and O–H groups in total. The molecule has 0 saturated heterocycles. The van der Waals surface area contributed by atoms with Crippen LogP contribution in [0.5, 0.6) is 0 Å². The largest absolute Gasteiger partial charge is 0.481 e. The third-order valence-corrected chi connectivity index (χ3v) is 5.36. The van der Waals surface area contributed by atoms with Crippen LogP contribution in [0, 0.1) is 0 Å². The second-order valence-corrected chi connectivity index (χ2v) is 6.90. The maximum Gasteiger partial charge on any atom is 0.303 e. The molecule has 1 aromatic rings. The first-order chi connectivity index (χ1) is 9.94. The summed E-state index contributed by atoms with van der Waals surface area (Å²) in [5.74, 6) is -1.16. The normalized spacial score (nSPS) is 17.6. The van der Waals surface area contributed by atoms with Crippen LogP contribution in [-0.2, 0) is 4.79 Å². The third-order valence-electron chi connectivity index (χ3n) is 3.45. The molecule has 21 heavy (non-hydrogen) atoms. The second kappa shape index (κ2) is 6.46. The van der Waals surface area contributed by atoms with Crippen LogP contribution >= 0.6 is 10.8 Å². The first-order valence-electron chi connectivity index (χ1n) is 6.85. The minimum atomic E-state index is -3.21. The summed E-state index contributed by atoms with van der Waals surface area (Å²) in [5.41, 5.74) is 0.350. The molecule has 116 valence electrons. The quantitative estimate of drug-likeness (QED) is 0.671. The fourth-order valence-corrected chi connectivity index (χ4v) is 4.03. The van der Waals surface area contributed by atoms with Gasteiger partial charge >= 0.3 is 5.97 Å². The van der Waals surface area contributed by atoms with Crippen LogP contribution in [0.3, 0.4) is 0 Å². The molecule has 0 aliphatic carbocycles. The summed E-state index contributed by atoms with van der Waals surface area (Å²) in [6.07, 6.45) is 2.86. The van der Waals surface area contributed by atoms with E-state index in [-0.39, 0.29) is 18.9 Å². The monoisotopic (exact) mass is 313 g/mol. The smallest absolute Gasteiger partial charge is 0.303 e. The summed E-state index contributed by atoms with van der Waals surface area (Å²) in [5, 5.41) is 8.53. The number of rotatable bonds is 7. The van der Waals surface area contributed by atoms with E-state index in [2.05, 4.69) is 0 Å². The molecule has 0 saturated carbocycles. The van der Waals surface area contributed by atoms with Crippen LogP contribution in [-0.4, -0.2) is 36.9 Å². The molecule has 0 radical (unpaired) electrons. The zero-order chi connectivity index (χ0) is 15.5. The summed E-state index contributed by atoms with van der Waals surface area (Å²) in [7, 11) is -3.21. The molecule has 1 amide bonds. The summed E-state index contributed by atoms with van der Waals surface area (Å²) in [6, 6.07) is 6.53. The van der Waals surface area contributed by atoms with Gasteiger partial charge in [0.05, 0.1) is 10.5 Å². The molecule has 0 bridgehead atoms. The number of carboxylic acid groups (broad SMARTS) is 1. The molecule has 0 spiro atoms. The maximum atomic E-state index is 12.2. The Labute approximate surface area is 124 Å². The highest BCUT2D eigenvalue weighted by Gasteiger charge is 2.40. The van der Waals surface area contributed by atoms with Crippen molar-refractivity contribution >= 4 is 22.7 Å². The molecule has 0 fully saturated rings. The average molecular weight is 313 g/mol. The molecule has 1 aliphatic heterocycles. The SMILES string of the molecule is O=C(O)CCCCCCN1C(=O)c2ccccc2S1(O)O. The van der Waals surface area contributed by atoms with Gasteiger partial charge in [-0.3, -0.25) is 18.7 Å². The van der Waals surface area contributed by atoms with Crippen molar-refractivity contribution in [2.75, 3.05) is 6.54 Å². The van der Waals surface area contributed by atoms with E-state index in [1.54, 1.807) is 24.3 Å². The van der Waals surface area contributed by atoms with Gasteiger partial charge < -0.3 is 5.11 Å². The zero-order valence-electron chi connectivity index (χ0n) is 11.6. The lowest BCUT2D eigenvalue weighted by Gasteiger charge is -2.36. The summed E-state index contributed by atoms with van der Waals surface area (Å²) < 4.78 is 21.6. The van der Waals surface area contributed by atoms with Gasteiger partial charge in [-0.1, -0.05) is 35.8 Å². The van der Waals surface area contributed by atoms with Gasteiger partial charge in [0.25, 0.3) is 5.91 Å². The second-order valence-electron chi connectivity index (χ2n) is 4.98. The number of carbonyl (C=O) groups is 2. The van der Waals surface area contributed by atoms with Gasteiger partial charge in [-0.05, 0) is 25.0 Å². The summed E-state index contributed by atoms with van der Waals surface area (Å²) >= 11 is 0. The van der Waals surface area contributed by atoms with E-state index >= 15 is 0 Å². The molecular formula is C14H19NO5S. The van der Waals surface area contributed by atoms with Crippen molar-refractivity contribution in [1.29, 1.82) is 0 Å². The highest BCUT2D eigenvalue weighted by molar-refractivity contribution is 8.23. The van der Waals surface area contributed by atoms with Gasteiger partial charge in [-0.2, -0.15) is 0 Å². The lowest BCUT2D eigenvalue weighted by molar-refractivity contribution is -0.137. The van der Waals surface area contributed by atoms with Crippen LogP contribution in [0.15, 0.2) is 29.2 Å². The number of hydrogen-bond donors (Lipinski definition) is 3. The van der Waals surface area contributed by atoms with E-state index in [9.17, 15) is 18.7 Å². The Hall–Kier alpha value is -1.57. The number of benzene rings is 1. The first-order valence-corrected chi connectivity index (χ1v) is 8.36. The molecule has 0 unspecified atom stereocenters. The third kappa shape index (κ3) is 3.37. The van der Waals surface area contributed by atoms with Gasteiger partial charge in [-0.25, -0.2) is 4.31 Å². The number of unbranched alkanes of at least 4 members (excludes halogenated alkanes) is 3. The van der Waals surface area contributed by atoms with Crippen molar-refractivity contribution in [3.8, 4) is 0 Å². The highest BCUT2D eigenvalue weighted by Crippen LogP contribution is 2.58. The van der Waals surface area contributed by atoms with Crippen LogP contribution < -0.4 is 0 Å². The minimum absolute atomic E-state index is 0.142. The van der Waals surface area contributed by atoms with Crippen molar-refractivity contribution in [3.05, 3.63) is 29.8 Å². The number of hydrogen-bond acceptors (Lipinski definition) is 4. The Balaban J connectivity index is 1.88. The molecule has 0 atom stereocenters. The van der Waals surface area contributed by atoms with Crippen molar-refractivity contribution in [2.24, 2.45) is 0 Å². The number of carboxylic acids is 1. The van der Waals surface area contributed by atoms with Crippen LogP contribution in [0.1, 0.15) is 42.5 Å². The van der Waals surface area contributed by atoms with Crippen LogP contribution in [0.4, 0.5) is 0 Å². The predicted octanol–water partition coefficient (Wildman–Crippen LogP) is 3.20. The van der Waals surface area contributed by atoms with E-state index in [1.807, 2.05) is 0 Å². The molecule has 1 heterocycles. The Morgan fingerprint density at radius 3 is 2.43 bits per heavy atom. The van der Waals surface area contributed by atoms with E-state index < -0.39 is 16.7 Å². The number of fused-ring (bicyclic) bond motifs is 1. The molecule has 7 heteroatoms. The van der Waals surface area contributed by atoms with Crippen molar-refractivity contribution < 1.29 is 23.8 Å². The molecule has 6 nitrogen and oxygen atoms in total. The fraction of sp³-hybridized carbons (Fsp3) is 0.429. The van der Waals surface area contributed by atoms with Crippen molar-refractivity contribution in [3.63, 3.8) is 0 Å². The van der Waals surface area contributed by atoms with Gasteiger partial charge in [0.15, 0.2) is 0 Å². The zero-order valence-corrected chi connectivity index (χ0v) is 12.4. The summed E-state index contributed by atoms with van der Waals surface area (Å²) in [6.45, 7) is 0.267. The molecule has 0 aromatic heterocycles. The molecular weight excluding hydrogens is 294 g/mol. The summed E-state index contributed by atoms with van der Waals surface area (Å²) in [4.78, 5) is 22.8. The Bertz CT molecular complexity index is 546. The standard InChI is InChI=1S/C14H19NO5S/c16-13(17)9-3-1-2-6-10-15-14(18)11-7-4-5-8-12(11)21(15,19)20/h4-5,7-8,19-20H,1-3,6,9-10H2,(H,16,17). The van der Waals surface area contributed by atoms with E-state index in [0.29, 0.717) is 23.3 Å². The maximum absolute atomic E-state index is 12.2. The van der Waals surface area contributed by atoms with Crippen molar-refractivity contribution in [1.82, 2.24) is 4.31 Å². The lowest BCUT2D eigenvalue weighted by Crippen LogP contribution is -2.28. The Morgan fingerprint density at radius 2 is 1.76 bits per heavy atom. The Kier molecular flexibility index (Phi) is 4.87.